The van der Waals surface area contributed by atoms with E-state index < -0.39 is 5.92 Å². The van der Waals surface area contributed by atoms with Crippen molar-refractivity contribution in [3.05, 3.63) is 47.8 Å². The van der Waals surface area contributed by atoms with Crippen LogP contribution in [-0.2, 0) is 14.3 Å². The molecule has 1 aromatic carbocycles. The van der Waals surface area contributed by atoms with Crippen LogP contribution in [0.5, 0.6) is 0 Å². The number of piperazine rings is 1. The Kier molecular flexibility index (Phi) is 4.35. The number of hydrogen-bond acceptors (Lipinski definition) is 6. The lowest BCUT2D eigenvalue weighted by atomic mass is 9.93. The SMILES string of the molecule is COC(=O)[C@H]1C[C@H]2CN(C(=O)c3cn[nH]n3)CC(=O)N2[C@H]1c1ccccc1. The minimum Gasteiger partial charge on any atom is -0.469 e. The minimum absolute atomic E-state index is 0.0561. The van der Waals surface area contributed by atoms with Crippen molar-refractivity contribution in [2.75, 3.05) is 20.2 Å². The normalized spacial score (nSPS) is 24.6. The van der Waals surface area contributed by atoms with E-state index in [1.807, 2.05) is 30.3 Å². The zero-order valence-corrected chi connectivity index (χ0v) is 14.7. The molecule has 0 aliphatic carbocycles. The van der Waals surface area contributed by atoms with E-state index in [-0.39, 0.29) is 42.1 Å². The summed E-state index contributed by atoms with van der Waals surface area (Å²) in [7, 11) is 1.35. The largest absolute Gasteiger partial charge is 0.469 e. The number of esters is 1. The molecule has 4 rings (SSSR count). The fourth-order valence-corrected chi connectivity index (χ4v) is 4.08. The number of hydrogen-bond donors (Lipinski definition) is 1. The molecule has 9 nitrogen and oxygen atoms in total. The molecule has 1 N–H and O–H groups in total. The number of ether oxygens (including phenoxy) is 1. The van der Waals surface area contributed by atoms with Gasteiger partial charge in [-0.3, -0.25) is 14.4 Å². The summed E-state index contributed by atoms with van der Waals surface area (Å²) in [5, 5.41) is 9.84. The van der Waals surface area contributed by atoms with Crippen LogP contribution in [0.15, 0.2) is 36.5 Å². The molecule has 0 saturated carbocycles. The van der Waals surface area contributed by atoms with Crippen molar-refractivity contribution < 1.29 is 19.1 Å². The smallest absolute Gasteiger partial charge is 0.311 e. The zero-order valence-electron chi connectivity index (χ0n) is 14.7. The summed E-state index contributed by atoms with van der Waals surface area (Å²) in [5.74, 6) is -1.35. The third-order valence-electron chi connectivity index (χ3n) is 5.21. The Morgan fingerprint density at radius 2 is 2.04 bits per heavy atom. The van der Waals surface area contributed by atoms with Gasteiger partial charge >= 0.3 is 5.97 Å². The Morgan fingerprint density at radius 1 is 1.26 bits per heavy atom. The van der Waals surface area contributed by atoms with Gasteiger partial charge in [0.15, 0.2) is 5.69 Å². The minimum atomic E-state index is -0.464. The van der Waals surface area contributed by atoms with Gasteiger partial charge in [-0.25, -0.2) is 0 Å². The monoisotopic (exact) mass is 369 g/mol. The molecule has 3 atom stereocenters. The van der Waals surface area contributed by atoms with Crippen molar-refractivity contribution in [3.63, 3.8) is 0 Å². The number of aromatic amines is 1. The lowest BCUT2D eigenvalue weighted by molar-refractivity contribution is -0.147. The van der Waals surface area contributed by atoms with E-state index in [1.54, 1.807) is 4.90 Å². The maximum absolute atomic E-state index is 12.9. The van der Waals surface area contributed by atoms with E-state index in [4.69, 9.17) is 4.74 Å². The molecular weight excluding hydrogens is 350 g/mol. The fourth-order valence-electron chi connectivity index (χ4n) is 4.08. The molecule has 2 fully saturated rings. The topological polar surface area (TPSA) is 108 Å². The number of rotatable bonds is 3. The zero-order chi connectivity index (χ0) is 19.0. The van der Waals surface area contributed by atoms with Crippen molar-refractivity contribution in [2.45, 2.75) is 18.5 Å². The number of benzene rings is 1. The van der Waals surface area contributed by atoms with Crippen molar-refractivity contribution in [3.8, 4) is 0 Å². The van der Waals surface area contributed by atoms with E-state index >= 15 is 0 Å². The van der Waals surface area contributed by atoms with Gasteiger partial charge in [-0.1, -0.05) is 30.3 Å². The average molecular weight is 369 g/mol. The standard InChI is InChI=1S/C18H19N5O4/c1-27-18(26)13-7-12-9-22(17(25)14-8-19-21-20-14)10-15(24)23(12)16(13)11-5-3-2-4-6-11/h2-6,8,12-13,16H,7,9-10H2,1H3,(H,19,20,21)/t12-,13-,16-/m0/s1. The van der Waals surface area contributed by atoms with E-state index in [1.165, 1.54) is 18.2 Å². The first-order chi connectivity index (χ1) is 13.1. The number of nitrogens with zero attached hydrogens (tertiary/aromatic N) is 4. The van der Waals surface area contributed by atoms with Gasteiger partial charge in [0.25, 0.3) is 5.91 Å². The molecule has 0 spiro atoms. The first-order valence-corrected chi connectivity index (χ1v) is 8.69. The summed E-state index contributed by atoms with van der Waals surface area (Å²) in [6.07, 6.45) is 1.78. The molecule has 0 unspecified atom stereocenters. The highest BCUT2D eigenvalue weighted by Gasteiger charge is 2.51. The van der Waals surface area contributed by atoms with Crippen LogP contribution in [-0.4, -0.2) is 69.2 Å². The predicted molar refractivity (Wildman–Crippen MR) is 92.2 cm³/mol. The summed E-state index contributed by atoms with van der Waals surface area (Å²) in [5.41, 5.74) is 1.05. The molecule has 3 heterocycles. The third kappa shape index (κ3) is 2.94. The van der Waals surface area contributed by atoms with Crippen LogP contribution in [0.1, 0.15) is 28.5 Å². The lowest BCUT2D eigenvalue weighted by Crippen LogP contribution is -2.56. The highest BCUT2D eigenvalue weighted by atomic mass is 16.5. The summed E-state index contributed by atoms with van der Waals surface area (Å²) in [4.78, 5) is 41.1. The highest BCUT2D eigenvalue weighted by molar-refractivity contribution is 5.95. The number of fused-ring (bicyclic) bond motifs is 1. The summed E-state index contributed by atoms with van der Waals surface area (Å²) >= 11 is 0. The van der Waals surface area contributed by atoms with Gasteiger partial charge in [-0.2, -0.15) is 15.4 Å². The van der Waals surface area contributed by atoms with Crippen LogP contribution in [0.4, 0.5) is 0 Å². The molecule has 2 amide bonds. The number of methoxy groups -OCH3 is 1. The van der Waals surface area contributed by atoms with Crippen LogP contribution >= 0.6 is 0 Å². The van der Waals surface area contributed by atoms with Gasteiger partial charge in [-0.15, -0.1) is 0 Å². The first-order valence-electron chi connectivity index (χ1n) is 8.69. The van der Waals surface area contributed by atoms with Gasteiger partial charge in [0.1, 0.15) is 6.54 Å². The second-order valence-electron chi connectivity index (χ2n) is 6.72. The summed E-state index contributed by atoms with van der Waals surface area (Å²) < 4.78 is 4.98. The maximum atomic E-state index is 12.9. The Morgan fingerprint density at radius 3 is 2.70 bits per heavy atom. The molecule has 140 valence electrons. The quantitative estimate of drug-likeness (QED) is 0.784. The Labute approximate surface area is 155 Å². The Balaban J connectivity index is 1.63. The van der Waals surface area contributed by atoms with Crippen molar-refractivity contribution in [1.82, 2.24) is 25.2 Å². The molecule has 2 aliphatic heterocycles. The Bertz CT molecular complexity index is 854. The van der Waals surface area contributed by atoms with Gasteiger partial charge in [0.05, 0.1) is 31.3 Å². The number of carbonyl (C=O) groups is 3. The van der Waals surface area contributed by atoms with E-state index in [0.29, 0.717) is 13.0 Å². The van der Waals surface area contributed by atoms with E-state index in [2.05, 4.69) is 15.4 Å². The number of nitrogens with one attached hydrogen (secondary N) is 1. The molecule has 2 aromatic rings. The third-order valence-corrected chi connectivity index (χ3v) is 5.21. The number of amides is 2. The Hall–Kier alpha value is -3.23. The number of carbonyl (C=O) groups excluding carboxylic acids is 3. The highest BCUT2D eigenvalue weighted by Crippen LogP contribution is 2.43. The molecule has 9 heteroatoms. The lowest BCUT2D eigenvalue weighted by Gasteiger charge is -2.39. The van der Waals surface area contributed by atoms with E-state index in [0.717, 1.165) is 5.56 Å². The summed E-state index contributed by atoms with van der Waals surface area (Å²) in [6, 6.07) is 8.82. The molecule has 27 heavy (non-hydrogen) atoms. The van der Waals surface area contributed by atoms with Crippen LogP contribution in [0.3, 0.4) is 0 Å². The van der Waals surface area contributed by atoms with Gasteiger partial charge in [0, 0.05) is 6.54 Å². The number of H-pyrrole nitrogens is 1. The van der Waals surface area contributed by atoms with Crippen LogP contribution in [0, 0.1) is 5.92 Å². The van der Waals surface area contributed by atoms with Crippen LogP contribution in [0.2, 0.25) is 0 Å². The van der Waals surface area contributed by atoms with E-state index in [9.17, 15) is 14.4 Å². The molecule has 1 aromatic heterocycles. The second kappa shape index (κ2) is 6.82. The molecular formula is C18H19N5O4. The van der Waals surface area contributed by atoms with Crippen molar-refractivity contribution in [1.29, 1.82) is 0 Å². The molecule has 0 bridgehead atoms. The fraction of sp³-hybridized carbons (Fsp3) is 0.389. The number of aromatic nitrogens is 3. The van der Waals surface area contributed by atoms with Crippen LogP contribution < -0.4 is 0 Å². The molecule has 0 radical (unpaired) electrons. The van der Waals surface area contributed by atoms with Crippen molar-refractivity contribution >= 4 is 17.8 Å². The van der Waals surface area contributed by atoms with Gasteiger partial charge < -0.3 is 14.5 Å². The summed E-state index contributed by atoms with van der Waals surface area (Å²) in [6.45, 7) is 0.285. The second-order valence-corrected chi connectivity index (χ2v) is 6.72. The predicted octanol–water partition coefficient (Wildman–Crippen LogP) is 0.392. The van der Waals surface area contributed by atoms with Gasteiger partial charge in [-0.05, 0) is 12.0 Å². The van der Waals surface area contributed by atoms with Crippen LogP contribution in [0.25, 0.3) is 0 Å². The van der Waals surface area contributed by atoms with Gasteiger partial charge in [0.2, 0.25) is 5.91 Å². The maximum Gasteiger partial charge on any atom is 0.311 e. The molecule has 2 saturated heterocycles. The van der Waals surface area contributed by atoms with Crippen molar-refractivity contribution in [2.24, 2.45) is 5.92 Å². The molecule has 2 aliphatic rings. The first kappa shape index (κ1) is 17.2. The average Bonchev–Trinajstić information content (AvgIpc) is 3.35.